The summed E-state index contributed by atoms with van der Waals surface area (Å²) >= 11 is 1.57. The van der Waals surface area contributed by atoms with Crippen LogP contribution in [0, 0.1) is 17.2 Å². The van der Waals surface area contributed by atoms with Crippen molar-refractivity contribution in [3.8, 4) is 6.07 Å². The van der Waals surface area contributed by atoms with Crippen LogP contribution >= 0.6 is 11.8 Å². The highest BCUT2D eigenvalue weighted by molar-refractivity contribution is 8.00. The molecule has 0 heterocycles. The number of carbonyl (C=O) groups excluding carboxylic acids is 1. The topological polar surface area (TPSA) is 64.9 Å². The van der Waals surface area contributed by atoms with Crippen LogP contribution in [0.2, 0.25) is 0 Å². The third-order valence-electron chi connectivity index (χ3n) is 3.47. The molecule has 2 saturated carbocycles. The average Bonchev–Trinajstić information content (AvgIpc) is 3.20. The van der Waals surface area contributed by atoms with E-state index in [4.69, 9.17) is 0 Å². The lowest BCUT2D eigenvalue weighted by Gasteiger charge is -2.27. The first-order valence-corrected chi connectivity index (χ1v) is 7.89. The van der Waals surface area contributed by atoms with Gasteiger partial charge in [0.2, 0.25) is 5.91 Å². The van der Waals surface area contributed by atoms with Gasteiger partial charge >= 0.3 is 0 Å². The van der Waals surface area contributed by atoms with E-state index in [2.05, 4.69) is 16.7 Å². The summed E-state index contributed by atoms with van der Waals surface area (Å²) in [5.41, 5.74) is -0.417. The molecule has 0 aliphatic heterocycles. The summed E-state index contributed by atoms with van der Waals surface area (Å²) in [6, 6.07) is 2.87. The second kappa shape index (κ2) is 5.94. The van der Waals surface area contributed by atoms with Gasteiger partial charge in [0.15, 0.2) is 0 Å². The van der Waals surface area contributed by atoms with E-state index in [1.165, 1.54) is 0 Å². The van der Waals surface area contributed by atoms with Gasteiger partial charge in [-0.3, -0.25) is 10.1 Å². The normalized spacial score (nSPS) is 22.0. The lowest BCUT2D eigenvalue weighted by Crippen LogP contribution is -2.48. The lowest BCUT2D eigenvalue weighted by molar-refractivity contribution is -0.118. The molecule has 2 N–H and O–H groups in total. The van der Waals surface area contributed by atoms with Gasteiger partial charge in [0.25, 0.3) is 0 Å². The molecule has 0 saturated heterocycles. The maximum Gasteiger partial charge on any atom is 0.230 e. The third-order valence-corrected chi connectivity index (χ3v) is 4.60. The first kappa shape index (κ1) is 13.7. The van der Waals surface area contributed by atoms with Crippen molar-refractivity contribution in [3.05, 3.63) is 0 Å². The van der Waals surface area contributed by atoms with Gasteiger partial charge in [0.05, 0.1) is 11.8 Å². The summed E-state index contributed by atoms with van der Waals surface area (Å²) in [5.74, 6) is 1.76. The molecule has 18 heavy (non-hydrogen) atoms. The average molecular weight is 267 g/mol. The van der Waals surface area contributed by atoms with Gasteiger partial charge < -0.3 is 5.32 Å². The molecular formula is C13H21N3OS. The van der Waals surface area contributed by atoms with Crippen LogP contribution in [-0.4, -0.2) is 35.5 Å². The molecule has 100 valence electrons. The molecule has 0 aromatic carbocycles. The van der Waals surface area contributed by atoms with Gasteiger partial charge in [-0.05, 0) is 38.1 Å². The highest BCUT2D eigenvalue weighted by Crippen LogP contribution is 2.41. The second-order valence-corrected chi connectivity index (χ2v) is 6.21. The minimum atomic E-state index is -0.417. The maximum atomic E-state index is 11.6. The SMILES string of the molecule is CCNC(C#N)(CSCC(=O)NC1CC1)C1CC1. The Morgan fingerprint density at radius 3 is 2.67 bits per heavy atom. The van der Waals surface area contributed by atoms with Crippen molar-refractivity contribution in [1.29, 1.82) is 5.26 Å². The zero-order chi connectivity index (χ0) is 13.0. The van der Waals surface area contributed by atoms with Gasteiger partial charge in [0.1, 0.15) is 5.54 Å². The van der Waals surface area contributed by atoms with Crippen molar-refractivity contribution in [1.82, 2.24) is 10.6 Å². The molecule has 0 spiro atoms. The molecule has 0 bridgehead atoms. The predicted octanol–water partition coefficient (Wildman–Crippen LogP) is 1.28. The quantitative estimate of drug-likeness (QED) is 0.695. The minimum absolute atomic E-state index is 0.113. The number of nitrogens with zero attached hydrogens (tertiary/aromatic N) is 1. The van der Waals surface area contributed by atoms with Gasteiger partial charge in [-0.25, -0.2) is 0 Å². The Morgan fingerprint density at radius 2 is 2.17 bits per heavy atom. The Kier molecular flexibility index (Phi) is 4.52. The van der Waals surface area contributed by atoms with Crippen molar-refractivity contribution in [2.45, 2.75) is 44.2 Å². The van der Waals surface area contributed by atoms with Crippen LogP contribution in [0.1, 0.15) is 32.6 Å². The van der Waals surface area contributed by atoms with Crippen molar-refractivity contribution in [3.63, 3.8) is 0 Å². The van der Waals surface area contributed by atoms with E-state index in [1.807, 2.05) is 6.92 Å². The molecule has 4 nitrogen and oxygen atoms in total. The highest BCUT2D eigenvalue weighted by atomic mass is 32.2. The summed E-state index contributed by atoms with van der Waals surface area (Å²) in [6.45, 7) is 2.83. The molecule has 2 rings (SSSR count). The number of nitriles is 1. The van der Waals surface area contributed by atoms with Gasteiger partial charge in [-0.15, -0.1) is 11.8 Å². The van der Waals surface area contributed by atoms with Crippen LogP contribution in [0.5, 0.6) is 0 Å². The minimum Gasteiger partial charge on any atom is -0.353 e. The molecule has 1 unspecified atom stereocenters. The van der Waals surface area contributed by atoms with Crippen LogP contribution in [0.15, 0.2) is 0 Å². The third kappa shape index (κ3) is 3.63. The summed E-state index contributed by atoms with van der Waals surface area (Å²) in [5, 5.41) is 15.7. The molecule has 0 radical (unpaired) electrons. The Hall–Kier alpha value is -0.730. The Labute approximate surface area is 113 Å². The van der Waals surface area contributed by atoms with Crippen molar-refractivity contribution >= 4 is 17.7 Å². The molecule has 0 aromatic heterocycles. The van der Waals surface area contributed by atoms with Crippen LogP contribution < -0.4 is 10.6 Å². The van der Waals surface area contributed by atoms with E-state index in [0.717, 1.165) is 32.2 Å². The smallest absolute Gasteiger partial charge is 0.230 e. The van der Waals surface area contributed by atoms with Crippen LogP contribution in [0.3, 0.4) is 0 Å². The Morgan fingerprint density at radius 1 is 1.44 bits per heavy atom. The number of carbonyl (C=O) groups is 1. The first-order chi connectivity index (χ1) is 8.70. The first-order valence-electron chi connectivity index (χ1n) is 6.73. The van der Waals surface area contributed by atoms with Crippen LogP contribution in [0.25, 0.3) is 0 Å². The maximum absolute atomic E-state index is 11.6. The Balaban J connectivity index is 1.74. The van der Waals surface area contributed by atoms with Crippen LogP contribution in [-0.2, 0) is 4.79 Å². The Bertz CT molecular complexity index is 347. The molecule has 2 fully saturated rings. The standard InChI is InChI=1S/C13H21N3OS/c1-2-15-13(8-14,10-3-4-10)9-18-7-12(17)16-11-5-6-11/h10-11,15H,2-7,9H2,1H3,(H,16,17). The molecule has 5 heteroatoms. The van der Waals surface area contributed by atoms with Gasteiger partial charge in [-0.2, -0.15) is 5.26 Å². The van der Waals surface area contributed by atoms with E-state index in [0.29, 0.717) is 23.5 Å². The van der Waals surface area contributed by atoms with E-state index in [9.17, 15) is 10.1 Å². The summed E-state index contributed by atoms with van der Waals surface area (Å²) in [4.78, 5) is 11.6. The fourth-order valence-corrected chi connectivity index (χ4v) is 3.26. The van der Waals surface area contributed by atoms with Crippen LogP contribution in [0.4, 0.5) is 0 Å². The zero-order valence-corrected chi connectivity index (χ0v) is 11.7. The number of amides is 1. The van der Waals surface area contributed by atoms with Gasteiger partial charge in [-0.1, -0.05) is 6.92 Å². The van der Waals surface area contributed by atoms with Gasteiger partial charge in [0, 0.05) is 11.8 Å². The number of hydrogen-bond acceptors (Lipinski definition) is 4. The van der Waals surface area contributed by atoms with E-state index in [-0.39, 0.29) is 5.91 Å². The fraction of sp³-hybridized carbons (Fsp3) is 0.846. The van der Waals surface area contributed by atoms with Crippen molar-refractivity contribution in [2.75, 3.05) is 18.1 Å². The molecule has 2 aliphatic carbocycles. The molecule has 0 aromatic rings. The van der Waals surface area contributed by atoms with Crippen molar-refractivity contribution in [2.24, 2.45) is 5.92 Å². The number of hydrogen-bond donors (Lipinski definition) is 2. The number of rotatable bonds is 8. The summed E-state index contributed by atoms with van der Waals surface area (Å²) < 4.78 is 0. The number of thioether (sulfide) groups is 1. The van der Waals surface area contributed by atoms with E-state index >= 15 is 0 Å². The van der Waals surface area contributed by atoms with Crippen molar-refractivity contribution < 1.29 is 4.79 Å². The summed E-state index contributed by atoms with van der Waals surface area (Å²) in [7, 11) is 0. The molecule has 1 amide bonds. The number of nitrogens with one attached hydrogen (secondary N) is 2. The highest BCUT2D eigenvalue weighted by Gasteiger charge is 2.45. The monoisotopic (exact) mass is 267 g/mol. The van der Waals surface area contributed by atoms with E-state index < -0.39 is 5.54 Å². The molecular weight excluding hydrogens is 246 g/mol. The summed E-state index contributed by atoms with van der Waals surface area (Å²) in [6.07, 6.45) is 4.51. The van der Waals surface area contributed by atoms with E-state index in [1.54, 1.807) is 11.8 Å². The molecule has 2 aliphatic rings. The fourth-order valence-electron chi connectivity index (χ4n) is 2.17. The zero-order valence-electron chi connectivity index (χ0n) is 10.9. The lowest BCUT2D eigenvalue weighted by atomic mass is 9.98. The molecule has 1 atom stereocenters. The predicted molar refractivity (Wildman–Crippen MR) is 73.2 cm³/mol. The second-order valence-electron chi connectivity index (χ2n) is 5.22. The largest absolute Gasteiger partial charge is 0.353 e.